The van der Waals surface area contributed by atoms with Gasteiger partial charge in [0.2, 0.25) is 0 Å². The number of ether oxygens (including phenoxy) is 1. The minimum absolute atomic E-state index is 0.142. The van der Waals surface area contributed by atoms with E-state index in [2.05, 4.69) is 15.0 Å². The van der Waals surface area contributed by atoms with Gasteiger partial charge in [-0.1, -0.05) is 5.21 Å². The Balaban J connectivity index is 2.53. The lowest BCUT2D eigenvalue weighted by molar-refractivity contribution is 0.0605. The van der Waals surface area contributed by atoms with Gasteiger partial charge in [0.15, 0.2) is 5.69 Å². The number of methoxy groups -OCH3 is 1. The second kappa shape index (κ2) is 4.57. The third-order valence-corrected chi connectivity index (χ3v) is 3.22. The first-order valence-electron chi connectivity index (χ1n) is 4.88. The lowest BCUT2D eigenvalue weighted by Gasteiger charge is -2.03. The largest absolute Gasteiger partial charge is 0.476 e. The topological polar surface area (TPSA) is 94.3 Å². The fourth-order valence-corrected chi connectivity index (χ4v) is 2.26. The summed E-state index contributed by atoms with van der Waals surface area (Å²) >= 11 is 1.19. The number of nitrogens with zero attached hydrogens (tertiary/aromatic N) is 3. The van der Waals surface area contributed by atoms with Crippen molar-refractivity contribution in [3.05, 3.63) is 27.7 Å². The van der Waals surface area contributed by atoms with Crippen molar-refractivity contribution in [1.82, 2.24) is 15.0 Å². The van der Waals surface area contributed by atoms with Crippen LogP contribution in [0, 0.1) is 6.92 Å². The van der Waals surface area contributed by atoms with Gasteiger partial charge in [-0.2, -0.15) is 0 Å². The smallest absolute Gasteiger partial charge is 0.358 e. The van der Waals surface area contributed by atoms with Gasteiger partial charge in [0, 0.05) is 0 Å². The quantitative estimate of drug-likeness (QED) is 0.837. The monoisotopic (exact) mass is 267 g/mol. The number of carbonyl (C=O) groups excluding carboxylic acids is 1. The first-order chi connectivity index (χ1) is 8.56. The van der Waals surface area contributed by atoms with E-state index in [1.165, 1.54) is 23.1 Å². The SMILES string of the molecule is COC(=O)c1sccc1-n1nnc(C(=O)O)c1C. The van der Waals surface area contributed by atoms with Crippen LogP contribution in [-0.2, 0) is 4.74 Å². The molecule has 0 saturated carbocycles. The molecule has 8 heteroatoms. The summed E-state index contributed by atoms with van der Waals surface area (Å²) in [7, 11) is 1.28. The van der Waals surface area contributed by atoms with Crippen molar-refractivity contribution in [2.24, 2.45) is 0 Å². The molecule has 0 radical (unpaired) electrons. The average molecular weight is 267 g/mol. The molecule has 0 aromatic carbocycles. The van der Waals surface area contributed by atoms with Crippen LogP contribution < -0.4 is 0 Å². The number of carboxylic acid groups (broad SMARTS) is 1. The van der Waals surface area contributed by atoms with Crippen LogP contribution in [0.1, 0.15) is 25.9 Å². The fraction of sp³-hybridized carbons (Fsp3) is 0.200. The number of esters is 1. The minimum Gasteiger partial charge on any atom is -0.476 e. The number of thiophene rings is 1. The van der Waals surface area contributed by atoms with Gasteiger partial charge in [0.1, 0.15) is 4.88 Å². The van der Waals surface area contributed by atoms with Crippen LogP contribution in [0.3, 0.4) is 0 Å². The summed E-state index contributed by atoms with van der Waals surface area (Å²) in [4.78, 5) is 22.8. The molecule has 0 aliphatic heterocycles. The van der Waals surface area contributed by atoms with E-state index in [1.54, 1.807) is 18.4 Å². The van der Waals surface area contributed by atoms with Gasteiger partial charge < -0.3 is 9.84 Å². The van der Waals surface area contributed by atoms with Crippen LogP contribution in [0.15, 0.2) is 11.4 Å². The molecule has 94 valence electrons. The van der Waals surface area contributed by atoms with Crippen molar-refractivity contribution in [2.75, 3.05) is 7.11 Å². The fourth-order valence-electron chi connectivity index (χ4n) is 1.47. The van der Waals surface area contributed by atoms with Crippen LogP contribution in [0.5, 0.6) is 0 Å². The summed E-state index contributed by atoms with van der Waals surface area (Å²) in [5, 5.41) is 17.9. The lowest BCUT2D eigenvalue weighted by atomic mass is 10.3. The Morgan fingerprint density at radius 2 is 2.22 bits per heavy atom. The summed E-state index contributed by atoms with van der Waals surface area (Å²) in [6, 6.07) is 1.66. The Morgan fingerprint density at radius 1 is 1.50 bits per heavy atom. The predicted molar refractivity (Wildman–Crippen MR) is 62.3 cm³/mol. The van der Waals surface area contributed by atoms with Gasteiger partial charge >= 0.3 is 11.9 Å². The highest BCUT2D eigenvalue weighted by Crippen LogP contribution is 2.23. The Labute approximate surface area is 106 Å². The first kappa shape index (κ1) is 12.2. The summed E-state index contributed by atoms with van der Waals surface area (Å²) in [5.41, 5.74) is 0.674. The number of carboxylic acids is 1. The van der Waals surface area contributed by atoms with Crippen LogP contribution in [0.25, 0.3) is 5.69 Å². The van der Waals surface area contributed by atoms with Crippen LogP contribution in [-0.4, -0.2) is 39.1 Å². The van der Waals surface area contributed by atoms with Crippen molar-refractivity contribution >= 4 is 23.3 Å². The predicted octanol–water partition coefficient (Wildman–Crippen LogP) is 1.12. The molecular formula is C10H9N3O4S. The third-order valence-electron chi connectivity index (χ3n) is 2.34. The second-order valence-electron chi connectivity index (χ2n) is 3.37. The van der Waals surface area contributed by atoms with Crippen molar-refractivity contribution in [1.29, 1.82) is 0 Å². The molecule has 0 saturated heterocycles. The van der Waals surface area contributed by atoms with Gasteiger partial charge in [0.05, 0.1) is 18.5 Å². The number of hydrogen-bond donors (Lipinski definition) is 1. The van der Waals surface area contributed by atoms with Crippen LogP contribution in [0.2, 0.25) is 0 Å². The molecule has 18 heavy (non-hydrogen) atoms. The van der Waals surface area contributed by atoms with Crippen molar-refractivity contribution < 1.29 is 19.4 Å². The average Bonchev–Trinajstić information content (AvgIpc) is 2.93. The van der Waals surface area contributed by atoms with Crippen LogP contribution >= 0.6 is 11.3 Å². The molecule has 0 aliphatic carbocycles. The molecule has 2 aromatic rings. The van der Waals surface area contributed by atoms with E-state index >= 15 is 0 Å². The number of hydrogen-bond acceptors (Lipinski definition) is 6. The number of rotatable bonds is 3. The van der Waals surface area contributed by atoms with Crippen molar-refractivity contribution in [3.63, 3.8) is 0 Å². The Kier molecular flexibility index (Phi) is 3.11. The molecule has 7 nitrogen and oxygen atoms in total. The minimum atomic E-state index is -1.16. The standard InChI is InChI=1S/C10H9N3O4S/c1-5-7(9(14)15)11-12-13(5)6-3-4-18-8(6)10(16)17-2/h3-4H,1-2H3,(H,14,15). The van der Waals surface area contributed by atoms with E-state index in [0.29, 0.717) is 16.3 Å². The zero-order chi connectivity index (χ0) is 13.3. The molecule has 1 N–H and O–H groups in total. The second-order valence-corrected chi connectivity index (χ2v) is 4.28. The van der Waals surface area contributed by atoms with E-state index in [1.807, 2.05) is 0 Å². The summed E-state index contributed by atoms with van der Waals surface area (Å²) in [6.07, 6.45) is 0. The van der Waals surface area contributed by atoms with Crippen LogP contribution in [0.4, 0.5) is 0 Å². The zero-order valence-electron chi connectivity index (χ0n) is 9.58. The van der Waals surface area contributed by atoms with Gasteiger partial charge in [-0.3, -0.25) is 0 Å². The maximum Gasteiger partial charge on any atom is 0.358 e. The van der Waals surface area contributed by atoms with E-state index in [4.69, 9.17) is 5.11 Å². The highest BCUT2D eigenvalue weighted by molar-refractivity contribution is 7.12. The van der Waals surface area contributed by atoms with Crippen molar-refractivity contribution in [2.45, 2.75) is 6.92 Å². The van der Waals surface area contributed by atoms with E-state index in [-0.39, 0.29) is 5.69 Å². The molecule has 2 rings (SSSR count). The molecule has 2 heterocycles. The maximum atomic E-state index is 11.5. The molecule has 0 unspecified atom stereocenters. The van der Waals surface area contributed by atoms with Gasteiger partial charge in [0.25, 0.3) is 0 Å². The molecule has 0 amide bonds. The molecular weight excluding hydrogens is 258 g/mol. The maximum absolute atomic E-state index is 11.5. The van der Waals surface area contributed by atoms with Gasteiger partial charge in [-0.25, -0.2) is 14.3 Å². The zero-order valence-corrected chi connectivity index (χ0v) is 10.4. The van der Waals surface area contributed by atoms with Crippen molar-refractivity contribution in [3.8, 4) is 5.69 Å². The number of aromatic nitrogens is 3. The van der Waals surface area contributed by atoms with E-state index < -0.39 is 11.9 Å². The first-order valence-corrected chi connectivity index (χ1v) is 5.76. The lowest BCUT2D eigenvalue weighted by Crippen LogP contribution is -2.07. The summed E-state index contributed by atoms with van der Waals surface area (Å²) in [5.74, 6) is -1.65. The van der Waals surface area contributed by atoms with E-state index in [0.717, 1.165) is 0 Å². The summed E-state index contributed by atoms with van der Waals surface area (Å²) in [6.45, 7) is 1.57. The van der Waals surface area contributed by atoms with Gasteiger partial charge in [-0.05, 0) is 18.4 Å². The van der Waals surface area contributed by atoms with Gasteiger partial charge in [-0.15, -0.1) is 16.4 Å². The normalized spacial score (nSPS) is 10.3. The molecule has 0 spiro atoms. The molecule has 0 aliphatic rings. The number of carbonyl (C=O) groups is 2. The highest BCUT2D eigenvalue weighted by Gasteiger charge is 2.21. The molecule has 0 fully saturated rings. The number of aromatic carboxylic acids is 1. The molecule has 0 atom stereocenters. The third kappa shape index (κ3) is 1.86. The van der Waals surface area contributed by atoms with E-state index in [9.17, 15) is 9.59 Å². The Hall–Kier alpha value is -2.22. The summed E-state index contributed by atoms with van der Waals surface area (Å²) < 4.78 is 5.96. The Morgan fingerprint density at radius 3 is 2.78 bits per heavy atom. The molecule has 0 bridgehead atoms. The highest BCUT2D eigenvalue weighted by atomic mass is 32.1. The molecule has 2 aromatic heterocycles. The Bertz CT molecular complexity index is 616.